The van der Waals surface area contributed by atoms with Gasteiger partial charge in [-0.15, -0.1) is 0 Å². The van der Waals surface area contributed by atoms with Crippen LogP contribution in [-0.2, 0) is 19.1 Å². The summed E-state index contributed by atoms with van der Waals surface area (Å²) in [7, 11) is 1.25. The maximum Gasteiger partial charge on any atom is 0.326 e. The molecule has 1 amide bonds. The van der Waals surface area contributed by atoms with Gasteiger partial charge in [-0.05, 0) is 25.2 Å². The Labute approximate surface area is 125 Å². The molecule has 1 aliphatic carbocycles. The minimum atomic E-state index is -1.12. The number of amides is 1. The average molecular weight is 299 g/mol. The molecule has 0 bridgehead atoms. The summed E-state index contributed by atoms with van der Waals surface area (Å²) >= 11 is 0. The number of carbonyl (C=O) groups excluding carboxylic acids is 2. The molecule has 1 fully saturated rings. The second-order valence-electron chi connectivity index (χ2n) is 5.63. The number of carboxylic acids is 1. The van der Waals surface area contributed by atoms with Gasteiger partial charge < -0.3 is 15.2 Å². The lowest BCUT2D eigenvalue weighted by molar-refractivity contribution is -0.144. The quantitative estimate of drug-likeness (QED) is 0.553. The molecule has 1 aliphatic rings. The number of hydrogen-bond acceptors (Lipinski definition) is 4. The van der Waals surface area contributed by atoms with E-state index in [1.165, 1.54) is 20.0 Å². The molecule has 0 heterocycles. The number of carboxylic acid groups (broad SMARTS) is 1. The van der Waals surface area contributed by atoms with Crippen molar-refractivity contribution in [3.05, 3.63) is 0 Å². The molecule has 6 nitrogen and oxygen atoms in total. The van der Waals surface area contributed by atoms with E-state index in [2.05, 4.69) is 10.1 Å². The van der Waals surface area contributed by atoms with Crippen LogP contribution in [0.1, 0.15) is 57.8 Å². The number of rotatable bonds is 7. The molecular weight excluding hydrogens is 274 g/mol. The van der Waals surface area contributed by atoms with E-state index in [0.29, 0.717) is 12.3 Å². The van der Waals surface area contributed by atoms with Crippen molar-refractivity contribution in [3.63, 3.8) is 0 Å². The Kier molecular flexibility index (Phi) is 7.79. The van der Waals surface area contributed by atoms with Crippen molar-refractivity contribution >= 4 is 17.8 Å². The van der Waals surface area contributed by atoms with Gasteiger partial charge in [0, 0.05) is 12.8 Å². The maximum absolute atomic E-state index is 12.0. The highest BCUT2D eigenvalue weighted by molar-refractivity contribution is 5.84. The molecular formula is C15H25NO5. The molecule has 0 aromatic carbocycles. The lowest BCUT2D eigenvalue weighted by Crippen LogP contribution is -2.41. The van der Waals surface area contributed by atoms with Gasteiger partial charge in [0.1, 0.15) is 6.04 Å². The van der Waals surface area contributed by atoms with Crippen molar-refractivity contribution in [1.82, 2.24) is 5.32 Å². The fraction of sp³-hybridized carbons (Fsp3) is 0.800. The Balaban J connectivity index is 2.40. The molecule has 1 saturated carbocycles. The highest BCUT2D eigenvalue weighted by Gasteiger charge is 2.23. The number of esters is 1. The Bertz CT molecular complexity index is 361. The minimum absolute atomic E-state index is 0.0167. The second-order valence-corrected chi connectivity index (χ2v) is 5.63. The summed E-state index contributed by atoms with van der Waals surface area (Å²) in [6, 6.07) is -1.03. The highest BCUT2D eigenvalue weighted by atomic mass is 16.5. The van der Waals surface area contributed by atoms with Crippen LogP contribution in [0.2, 0.25) is 0 Å². The predicted octanol–water partition coefficient (Wildman–Crippen LogP) is 1.87. The summed E-state index contributed by atoms with van der Waals surface area (Å²) in [4.78, 5) is 34.1. The smallest absolute Gasteiger partial charge is 0.326 e. The molecule has 120 valence electrons. The maximum atomic E-state index is 12.0. The molecule has 1 rings (SSSR count). The van der Waals surface area contributed by atoms with Crippen LogP contribution in [-0.4, -0.2) is 36.1 Å². The van der Waals surface area contributed by atoms with Gasteiger partial charge in [0.05, 0.1) is 7.11 Å². The molecule has 0 aromatic heterocycles. The number of hydrogen-bond donors (Lipinski definition) is 2. The number of nitrogens with one attached hydrogen (secondary N) is 1. The Morgan fingerprint density at radius 3 is 2.33 bits per heavy atom. The van der Waals surface area contributed by atoms with Gasteiger partial charge in [-0.1, -0.05) is 25.7 Å². The minimum Gasteiger partial charge on any atom is -0.480 e. The predicted molar refractivity (Wildman–Crippen MR) is 76.6 cm³/mol. The fourth-order valence-electron chi connectivity index (χ4n) is 2.71. The lowest BCUT2D eigenvalue weighted by Gasteiger charge is -2.17. The van der Waals surface area contributed by atoms with Gasteiger partial charge in [0.2, 0.25) is 5.91 Å². The molecule has 1 atom stereocenters. The zero-order chi connectivity index (χ0) is 15.7. The highest BCUT2D eigenvalue weighted by Crippen LogP contribution is 2.25. The standard InChI is InChI=1S/C15H25NO5/c1-21-14(18)9-8-12(15(19)20)16-13(17)10-11-6-4-2-3-5-7-11/h11-12H,2-10H2,1H3,(H,16,17)(H,19,20)/t12-/m1/s1. The summed E-state index contributed by atoms with van der Waals surface area (Å²) in [5, 5.41) is 11.6. The van der Waals surface area contributed by atoms with Crippen molar-refractivity contribution in [2.45, 2.75) is 63.8 Å². The number of ether oxygens (including phenoxy) is 1. The summed E-state index contributed by atoms with van der Waals surface area (Å²) in [5.74, 6) is -1.48. The fourth-order valence-corrected chi connectivity index (χ4v) is 2.71. The van der Waals surface area contributed by atoms with Crippen LogP contribution < -0.4 is 5.32 Å². The van der Waals surface area contributed by atoms with Crippen LogP contribution in [0.25, 0.3) is 0 Å². The van der Waals surface area contributed by atoms with E-state index in [1.54, 1.807) is 0 Å². The summed E-state index contributed by atoms with van der Waals surface area (Å²) in [6.07, 6.45) is 7.20. The van der Waals surface area contributed by atoms with Gasteiger partial charge in [0.25, 0.3) is 0 Å². The van der Waals surface area contributed by atoms with Gasteiger partial charge in [-0.3, -0.25) is 9.59 Å². The summed E-state index contributed by atoms with van der Waals surface area (Å²) < 4.78 is 4.48. The zero-order valence-corrected chi connectivity index (χ0v) is 12.6. The number of carbonyl (C=O) groups is 3. The summed E-state index contributed by atoms with van der Waals surface area (Å²) in [5.41, 5.74) is 0. The average Bonchev–Trinajstić information content (AvgIpc) is 2.71. The molecule has 0 saturated heterocycles. The van der Waals surface area contributed by atoms with Crippen LogP contribution >= 0.6 is 0 Å². The van der Waals surface area contributed by atoms with Gasteiger partial charge >= 0.3 is 11.9 Å². The molecule has 21 heavy (non-hydrogen) atoms. The molecule has 0 radical (unpaired) electrons. The first-order valence-corrected chi connectivity index (χ1v) is 7.62. The first-order chi connectivity index (χ1) is 10.0. The molecule has 6 heteroatoms. The molecule has 2 N–H and O–H groups in total. The second kappa shape index (κ2) is 9.37. The van der Waals surface area contributed by atoms with E-state index in [-0.39, 0.29) is 18.7 Å². The normalized spacial score (nSPS) is 17.6. The largest absolute Gasteiger partial charge is 0.480 e. The summed E-state index contributed by atoms with van der Waals surface area (Å²) in [6.45, 7) is 0. The molecule has 0 unspecified atom stereocenters. The van der Waals surface area contributed by atoms with E-state index in [0.717, 1.165) is 25.7 Å². The van der Waals surface area contributed by atoms with E-state index >= 15 is 0 Å². The van der Waals surface area contributed by atoms with Crippen LogP contribution in [0.3, 0.4) is 0 Å². The zero-order valence-electron chi connectivity index (χ0n) is 12.6. The SMILES string of the molecule is COC(=O)CC[C@@H](NC(=O)CC1CCCCCC1)C(=O)O. The van der Waals surface area contributed by atoms with Gasteiger partial charge in [-0.25, -0.2) is 4.79 Å². The lowest BCUT2D eigenvalue weighted by atomic mass is 9.96. The van der Waals surface area contributed by atoms with Gasteiger partial charge in [-0.2, -0.15) is 0 Å². The van der Waals surface area contributed by atoms with Crippen LogP contribution in [0, 0.1) is 5.92 Å². The van der Waals surface area contributed by atoms with E-state index in [4.69, 9.17) is 5.11 Å². The topological polar surface area (TPSA) is 92.7 Å². The Morgan fingerprint density at radius 2 is 1.81 bits per heavy atom. The van der Waals surface area contributed by atoms with Gasteiger partial charge in [0.15, 0.2) is 0 Å². The first-order valence-electron chi connectivity index (χ1n) is 7.62. The van der Waals surface area contributed by atoms with Crippen molar-refractivity contribution in [2.24, 2.45) is 5.92 Å². The Morgan fingerprint density at radius 1 is 1.19 bits per heavy atom. The van der Waals surface area contributed by atoms with E-state index < -0.39 is 18.0 Å². The van der Waals surface area contributed by atoms with E-state index in [9.17, 15) is 14.4 Å². The van der Waals surface area contributed by atoms with Crippen molar-refractivity contribution in [2.75, 3.05) is 7.11 Å². The van der Waals surface area contributed by atoms with E-state index in [1.807, 2.05) is 0 Å². The molecule has 0 aromatic rings. The van der Waals surface area contributed by atoms with Crippen LogP contribution in [0.5, 0.6) is 0 Å². The van der Waals surface area contributed by atoms with Crippen molar-refractivity contribution in [1.29, 1.82) is 0 Å². The number of methoxy groups -OCH3 is 1. The third kappa shape index (κ3) is 7.11. The molecule has 0 spiro atoms. The van der Waals surface area contributed by atoms with Crippen LogP contribution in [0.15, 0.2) is 0 Å². The van der Waals surface area contributed by atoms with Crippen molar-refractivity contribution < 1.29 is 24.2 Å². The monoisotopic (exact) mass is 299 g/mol. The third-order valence-electron chi connectivity index (χ3n) is 3.95. The molecule has 0 aliphatic heterocycles. The number of aliphatic carboxylic acids is 1. The first kappa shape index (κ1) is 17.5. The van der Waals surface area contributed by atoms with Crippen LogP contribution in [0.4, 0.5) is 0 Å². The Hall–Kier alpha value is -1.59. The third-order valence-corrected chi connectivity index (χ3v) is 3.95. The van der Waals surface area contributed by atoms with Crippen molar-refractivity contribution in [3.8, 4) is 0 Å².